The summed E-state index contributed by atoms with van der Waals surface area (Å²) in [4.78, 5) is 15.2. The summed E-state index contributed by atoms with van der Waals surface area (Å²) in [6, 6.07) is 10.9. The molecular formula is C30H46N2O. The Morgan fingerprint density at radius 3 is 2.39 bits per heavy atom. The molecule has 5 rings (SSSR count). The highest BCUT2D eigenvalue weighted by Gasteiger charge is 2.60. The van der Waals surface area contributed by atoms with Crippen molar-refractivity contribution in [2.24, 2.45) is 40.4 Å². The molecule has 0 heterocycles. The standard InChI is InChI=1S/C30H46N2O/c1-20(31-4)25-13-14-26-24-12-11-22-19-23(32(5)28(33)21-9-7-6-8-10-21)15-17-29(22,2)27(24)16-18-30(25,26)3/h6-10,20,22-27,31H,11-19H2,1-5H3/t20?,22?,23-,24?,25+,26?,27?,29-,30+/m0/s1. The van der Waals surface area contributed by atoms with E-state index in [0.29, 0.717) is 22.9 Å². The molecule has 5 unspecified atom stereocenters. The molecule has 3 heteroatoms. The third-order valence-corrected chi connectivity index (χ3v) is 11.7. The van der Waals surface area contributed by atoms with Crippen LogP contribution in [0.25, 0.3) is 0 Å². The highest BCUT2D eigenvalue weighted by atomic mass is 16.2. The molecule has 1 aromatic carbocycles. The molecule has 0 aromatic heterocycles. The van der Waals surface area contributed by atoms with Crippen LogP contribution in [0.1, 0.15) is 88.9 Å². The van der Waals surface area contributed by atoms with E-state index in [2.05, 4.69) is 38.0 Å². The molecule has 0 saturated heterocycles. The van der Waals surface area contributed by atoms with Crippen LogP contribution in [0.4, 0.5) is 0 Å². The van der Waals surface area contributed by atoms with E-state index >= 15 is 0 Å². The van der Waals surface area contributed by atoms with Gasteiger partial charge in [-0.15, -0.1) is 0 Å². The molecule has 182 valence electrons. The van der Waals surface area contributed by atoms with E-state index in [-0.39, 0.29) is 5.91 Å². The summed E-state index contributed by atoms with van der Waals surface area (Å²) in [6.45, 7) is 7.71. The van der Waals surface area contributed by atoms with Crippen LogP contribution in [0, 0.1) is 40.4 Å². The monoisotopic (exact) mass is 450 g/mol. The third-order valence-electron chi connectivity index (χ3n) is 11.7. The van der Waals surface area contributed by atoms with Gasteiger partial charge in [-0.1, -0.05) is 32.0 Å². The van der Waals surface area contributed by atoms with Crippen molar-refractivity contribution in [1.29, 1.82) is 0 Å². The number of carbonyl (C=O) groups excluding carboxylic acids is 1. The summed E-state index contributed by atoms with van der Waals surface area (Å²) in [5, 5.41) is 3.59. The Bertz CT molecular complexity index is 854. The highest BCUT2D eigenvalue weighted by Crippen LogP contribution is 2.67. The molecule has 4 saturated carbocycles. The van der Waals surface area contributed by atoms with E-state index in [4.69, 9.17) is 0 Å². The summed E-state index contributed by atoms with van der Waals surface area (Å²) < 4.78 is 0. The lowest BCUT2D eigenvalue weighted by Gasteiger charge is -2.61. The molecule has 0 aliphatic heterocycles. The molecule has 0 bridgehead atoms. The minimum atomic E-state index is 0.196. The van der Waals surface area contributed by atoms with E-state index in [0.717, 1.165) is 35.2 Å². The second kappa shape index (κ2) is 8.70. The Labute approximate surface area is 202 Å². The molecule has 0 radical (unpaired) electrons. The Hall–Kier alpha value is -1.35. The first-order valence-corrected chi connectivity index (χ1v) is 13.8. The molecule has 9 atom stereocenters. The second-order valence-electron chi connectivity index (χ2n) is 12.7. The van der Waals surface area contributed by atoms with E-state index in [1.807, 2.05) is 37.4 Å². The van der Waals surface area contributed by atoms with Crippen LogP contribution in [-0.4, -0.2) is 37.0 Å². The van der Waals surface area contributed by atoms with E-state index in [1.165, 1.54) is 57.8 Å². The summed E-state index contributed by atoms with van der Waals surface area (Å²) >= 11 is 0. The van der Waals surface area contributed by atoms with Gasteiger partial charge in [-0.2, -0.15) is 0 Å². The van der Waals surface area contributed by atoms with Gasteiger partial charge >= 0.3 is 0 Å². The predicted molar refractivity (Wildman–Crippen MR) is 136 cm³/mol. The van der Waals surface area contributed by atoms with Crippen molar-refractivity contribution in [2.75, 3.05) is 14.1 Å². The summed E-state index contributed by atoms with van der Waals surface area (Å²) in [5.41, 5.74) is 1.84. The zero-order valence-corrected chi connectivity index (χ0v) is 21.6. The lowest BCUT2D eigenvalue weighted by molar-refractivity contribution is -0.120. The quantitative estimate of drug-likeness (QED) is 0.576. The average molecular weight is 451 g/mol. The summed E-state index contributed by atoms with van der Waals surface area (Å²) in [7, 11) is 4.19. The van der Waals surface area contributed by atoms with Crippen molar-refractivity contribution in [2.45, 2.75) is 90.6 Å². The number of hydrogen-bond acceptors (Lipinski definition) is 2. The van der Waals surface area contributed by atoms with Crippen LogP contribution in [-0.2, 0) is 0 Å². The average Bonchev–Trinajstić information content (AvgIpc) is 3.20. The zero-order valence-electron chi connectivity index (χ0n) is 21.6. The van der Waals surface area contributed by atoms with Crippen molar-refractivity contribution < 1.29 is 4.79 Å². The number of carbonyl (C=O) groups is 1. The van der Waals surface area contributed by atoms with Crippen LogP contribution >= 0.6 is 0 Å². The molecule has 3 nitrogen and oxygen atoms in total. The Morgan fingerprint density at radius 1 is 0.970 bits per heavy atom. The van der Waals surface area contributed by atoms with Gasteiger partial charge in [0.25, 0.3) is 5.91 Å². The van der Waals surface area contributed by atoms with Crippen LogP contribution in [0.5, 0.6) is 0 Å². The largest absolute Gasteiger partial charge is 0.339 e. The van der Waals surface area contributed by atoms with Crippen molar-refractivity contribution in [1.82, 2.24) is 10.2 Å². The van der Waals surface area contributed by atoms with E-state index in [9.17, 15) is 4.79 Å². The number of nitrogens with one attached hydrogen (secondary N) is 1. The maximum Gasteiger partial charge on any atom is 0.253 e. The van der Waals surface area contributed by atoms with Gasteiger partial charge in [0.05, 0.1) is 0 Å². The van der Waals surface area contributed by atoms with Crippen LogP contribution in [0.2, 0.25) is 0 Å². The summed E-state index contributed by atoms with van der Waals surface area (Å²) in [5.74, 6) is 4.57. The van der Waals surface area contributed by atoms with Crippen molar-refractivity contribution in [3.8, 4) is 0 Å². The molecule has 33 heavy (non-hydrogen) atoms. The molecule has 0 spiro atoms. The maximum atomic E-state index is 13.1. The van der Waals surface area contributed by atoms with Crippen molar-refractivity contribution >= 4 is 5.91 Å². The SMILES string of the molecule is CNC(C)[C@H]1CCC2C3CCC4C[C@@H](N(C)C(=O)c5ccccc5)CC[C@]4(C)C3CC[C@@]21C. The maximum absolute atomic E-state index is 13.1. The molecule has 4 fully saturated rings. The number of amides is 1. The predicted octanol–water partition coefficient (Wildman–Crippen LogP) is 6.39. The lowest BCUT2D eigenvalue weighted by Crippen LogP contribution is -2.56. The first-order valence-electron chi connectivity index (χ1n) is 13.8. The number of rotatable bonds is 4. The number of fused-ring (bicyclic) bond motifs is 5. The van der Waals surface area contributed by atoms with Crippen molar-refractivity contribution in [3.05, 3.63) is 35.9 Å². The molecule has 4 aliphatic carbocycles. The fourth-order valence-electron chi connectivity index (χ4n) is 9.60. The van der Waals surface area contributed by atoms with Crippen LogP contribution in [0.3, 0.4) is 0 Å². The van der Waals surface area contributed by atoms with Gasteiger partial charge in [-0.3, -0.25) is 4.79 Å². The molecule has 1 amide bonds. The molecule has 1 aromatic rings. The Kier molecular flexibility index (Phi) is 6.17. The lowest BCUT2D eigenvalue weighted by atomic mass is 9.44. The van der Waals surface area contributed by atoms with Crippen molar-refractivity contribution in [3.63, 3.8) is 0 Å². The zero-order chi connectivity index (χ0) is 23.4. The highest BCUT2D eigenvalue weighted by molar-refractivity contribution is 5.94. The third kappa shape index (κ3) is 3.68. The normalized spacial score (nSPS) is 43.2. The number of hydrogen-bond donors (Lipinski definition) is 1. The van der Waals surface area contributed by atoms with E-state index < -0.39 is 0 Å². The summed E-state index contributed by atoms with van der Waals surface area (Å²) in [6.07, 6.45) is 12.2. The van der Waals surface area contributed by atoms with Gasteiger partial charge in [0, 0.05) is 24.7 Å². The second-order valence-corrected chi connectivity index (χ2v) is 12.7. The first kappa shape index (κ1) is 23.4. The van der Waals surface area contributed by atoms with Gasteiger partial charge in [-0.05, 0) is 124 Å². The minimum absolute atomic E-state index is 0.196. The van der Waals surface area contributed by atoms with E-state index in [1.54, 1.807) is 0 Å². The number of benzene rings is 1. The number of nitrogens with zero attached hydrogens (tertiary/aromatic N) is 1. The van der Waals surface area contributed by atoms with Crippen LogP contribution < -0.4 is 5.32 Å². The molecular weight excluding hydrogens is 404 g/mol. The van der Waals surface area contributed by atoms with Gasteiger partial charge < -0.3 is 10.2 Å². The Balaban J connectivity index is 1.30. The molecule has 1 N–H and O–H groups in total. The van der Waals surface area contributed by atoms with Crippen LogP contribution in [0.15, 0.2) is 30.3 Å². The van der Waals surface area contributed by atoms with Gasteiger partial charge in [-0.25, -0.2) is 0 Å². The minimum Gasteiger partial charge on any atom is -0.339 e. The molecule has 4 aliphatic rings. The Morgan fingerprint density at radius 2 is 1.67 bits per heavy atom. The van der Waals surface area contributed by atoms with Gasteiger partial charge in [0.1, 0.15) is 0 Å². The first-order chi connectivity index (χ1) is 15.8. The smallest absolute Gasteiger partial charge is 0.253 e. The fourth-order valence-corrected chi connectivity index (χ4v) is 9.60. The van der Waals surface area contributed by atoms with Gasteiger partial charge in [0.2, 0.25) is 0 Å². The topological polar surface area (TPSA) is 32.3 Å². The van der Waals surface area contributed by atoms with Gasteiger partial charge in [0.15, 0.2) is 0 Å². The fraction of sp³-hybridized carbons (Fsp3) is 0.767.